The van der Waals surface area contributed by atoms with Gasteiger partial charge in [-0.25, -0.2) is 4.79 Å². The molecule has 1 aromatic rings. The predicted molar refractivity (Wildman–Crippen MR) is 112 cm³/mol. The van der Waals surface area contributed by atoms with Crippen molar-refractivity contribution in [3.63, 3.8) is 0 Å². The molecule has 3 aliphatic rings. The minimum Gasteiger partial charge on any atom is -0.475 e. The van der Waals surface area contributed by atoms with Gasteiger partial charge < -0.3 is 19.6 Å². The Morgan fingerprint density at radius 3 is 2.44 bits per heavy atom. The second kappa shape index (κ2) is 9.79. The van der Waals surface area contributed by atoms with E-state index in [0.29, 0.717) is 5.92 Å². The van der Waals surface area contributed by atoms with E-state index >= 15 is 0 Å². The number of benzene rings is 1. The standard InChI is InChI=1S/C21H30N2O2.C2HF3O2/c1-16-5-3-4-6-19(16)20(24)23-10-9-21(15-23)14-22(11-17-7-8-17)12-18(21)13-25-2;3-2(4,5)1(6)7/h3-6,17-18H,7-15H2,1-2H3;(H,6,7)/t18-,21+;/m0./s1. The van der Waals surface area contributed by atoms with Crippen LogP contribution in [0.3, 0.4) is 0 Å². The van der Waals surface area contributed by atoms with Crippen LogP contribution in [-0.2, 0) is 9.53 Å². The number of rotatable bonds is 5. The van der Waals surface area contributed by atoms with Gasteiger partial charge in [0.2, 0.25) is 0 Å². The van der Waals surface area contributed by atoms with E-state index in [1.54, 1.807) is 0 Å². The summed E-state index contributed by atoms with van der Waals surface area (Å²) in [4.78, 5) is 26.6. The van der Waals surface area contributed by atoms with Crippen LogP contribution in [0.5, 0.6) is 0 Å². The van der Waals surface area contributed by atoms with Gasteiger partial charge in [-0.1, -0.05) is 18.2 Å². The second-order valence-corrected chi connectivity index (χ2v) is 9.25. The third-order valence-corrected chi connectivity index (χ3v) is 6.75. The van der Waals surface area contributed by atoms with Gasteiger partial charge in [-0.3, -0.25) is 4.79 Å². The van der Waals surface area contributed by atoms with Crippen LogP contribution in [0.2, 0.25) is 0 Å². The SMILES string of the molecule is COC[C@@H]1CN(CC2CC2)C[C@@]12CCN(C(=O)c1ccccc1C)C2.O=C(O)C(F)(F)F. The highest BCUT2D eigenvalue weighted by atomic mass is 19.4. The summed E-state index contributed by atoms with van der Waals surface area (Å²) in [6.07, 6.45) is -1.17. The minimum atomic E-state index is -5.08. The molecule has 3 fully saturated rings. The second-order valence-electron chi connectivity index (χ2n) is 9.25. The Labute approximate surface area is 186 Å². The number of carboxylic acid groups (broad SMARTS) is 1. The molecule has 1 aliphatic carbocycles. The van der Waals surface area contributed by atoms with Gasteiger partial charge in [0.15, 0.2) is 0 Å². The molecule has 2 atom stereocenters. The summed E-state index contributed by atoms with van der Waals surface area (Å²) in [6.45, 7) is 8.12. The molecule has 1 spiro atoms. The molecular weight excluding hydrogens is 425 g/mol. The van der Waals surface area contributed by atoms with Crippen LogP contribution in [0, 0.1) is 24.2 Å². The number of hydrogen-bond donors (Lipinski definition) is 1. The molecule has 1 aromatic carbocycles. The molecule has 0 unspecified atom stereocenters. The predicted octanol–water partition coefficient (Wildman–Crippen LogP) is 3.45. The molecule has 4 rings (SSSR count). The molecule has 0 aromatic heterocycles. The first kappa shape index (κ1) is 24.5. The largest absolute Gasteiger partial charge is 0.490 e. The van der Waals surface area contributed by atoms with Crippen LogP contribution in [0.25, 0.3) is 0 Å². The first-order chi connectivity index (χ1) is 15.1. The van der Waals surface area contributed by atoms with Gasteiger partial charge in [0, 0.05) is 56.7 Å². The van der Waals surface area contributed by atoms with E-state index in [1.165, 1.54) is 19.4 Å². The summed E-state index contributed by atoms with van der Waals surface area (Å²) in [6, 6.07) is 7.95. The summed E-state index contributed by atoms with van der Waals surface area (Å²) >= 11 is 0. The topological polar surface area (TPSA) is 70.1 Å². The number of methoxy groups -OCH3 is 1. The van der Waals surface area contributed by atoms with Crippen molar-refractivity contribution in [1.82, 2.24) is 9.80 Å². The minimum absolute atomic E-state index is 0.201. The van der Waals surface area contributed by atoms with Crippen LogP contribution >= 0.6 is 0 Å². The van der Waals surface area contributed by atoms with Gasteiger partial charge in [0.05, 0.1) is 6.61 Å². The van der Waals surface area contributed by atoms with Crippen LogP contribution < -0.4 is 0 Å². The third kappa shape index (κ3) is 5.81. The fraction of sp³-hybridized carbons (Fsp3) is 0.652. The number of carbonyl (C=O) groups excluding carboxylic acids is 1. The number of nitrogens with zero attached hydrogens (tertiary/aromatic N) is 2. The van der Waals surface area contributed by atoms with Crippen molar-refractivity contribution in [3.8, 4) is 0 Å². The number of aliphatic carboxylic acids is 1. The Hall–Kier alpha value is -2.13. The number of likely N-dealkylation sites (tertiary alicyclic amines) is 2. The Morgan fingerprint density at radius 2 is 1.88 bits per heavy atom. The molecular formula is C23H31F3N2O4. The van der Waals surface area contributed by atoms with E-state index in [2.05, 4.69) is 9.80 Å². The summed E-state index contributed by atoms with van der Waals surface area (Å²) in [7, 11) is 1.81. The molecule has 9 heteroatoms. The highest BCUT2D eigenvalue weighted by Gasteiger charge is 2.51. The van der Waals surface area contributed by atoms with Crippen molar-refractivity contribution in [2.45, 2.75) is 32.4 Å². The van der Waals surface area contributed by atoms with Gasteiger partial charge in [0.25, 0.3) is 5.91 Å². The van der Waals surface area contributed by atoms with Gasteiger partial charge in [0.1, 0.15) is 0 Å². The zero-order chi connectivity index (χ0) is 23.5. The average molecular weight is 457 g/mol. The number of halogens is 3. The molecule has 6 nitrogen and oxygen atoms in total. The molecule has 0 radical (unpaired) electrons. The lowest BCUT2D eigenvalue weighted by Crippen LogP contribution is -2.38. The smallest absolute Gasteiger partial charge is 0.475 e. The maximum absolute atomic E-state index is 13.0. The Morgan fingerprint density at radius 1 is 1.22 bits per heavy atom. The number of ether oxygens (including phenoxy) is 1. The molecule has 1 N–H and O–H groups in total. The first-order valence-corrected chi connectivity index (χ1v) is 10.9. The van der Waals surface area contributed by atoms with Crippen molar-refractivity contribution < 1.29 is 32.6 Å². The molecule has 1 saturated carbocycles. The van der Waals surface area contributed by atoms with Crippen LogP contribution in [0.4, 0.5) is 13.2 Å². The zero-order valence-corrected chi connectivity index (χ0v) is 18.5. The summed E-state index contributed by atoms with van der Waals surface area (Å²) in [5, 5.41) is 7.12. The number of hydrogen-bond acceptors (Lipinski definition) is 4. The summed E-state index contributed by atoms with van der Waals surface area (Å²) in [5.74, 6) is -1.09. The van der Waals surface area contributed by atoms with Crippen LogP contribution in [0.15, 0.2) is 24.3 Å². The Balaban J connectivity index is 0.000000360. The van der Waals surface area contributed by atoms with Crippen molar-refractivity contribution in [2.75, 3.05) is 46.4 Å². The molecule has 2 saturated heterocycles. The summed E-state index contributed by atoms with van der Waals surface area (Å²) < 4.78 is 37.3. The van der Waals surface area contributed by atoms with Crippen LogP contribution in [-0.4, -0.2) is 79.4 Å². The lowest BCUT2D eigenvalue weighted by Gasteiger charge is -2.30. The highest BCUT2D eigenvalue weighted by molar-refractivity contribution is 5.95. The number of aryl methyl sites for hydroxylation is 1. The van der Waals surface area contributed by atoms with Crippen molar-refractivity contribution in [1.29, 1.82) is 0 Å². The lowest BCUT2D eigenvalue weighted by atomic mass is 9.77. The normalized spacial score (nSPS) is 25.7. The lowest BCUT2D eigenvalue weighted by molar-refractivity contribution is -0.192. The molecule has 32 heavy (non-hydrogen) atoms. The number of carbonyl (C=O) groups is 2. The van der Waals surface area contributed by atoms with E-state index in [4.69, 9.17) is 14.6 Å². The quantitative estimate of drug-likeness (QED) is 0.735. The third-order valence-electron chi connectivity index (χ3n) is 6.75. The van der Waals surface area contributed by atoms with Gasteiger partial charge in [-0.05, 0) is 43.7 Å². The van der Waals surface area contributed by atoms with Crippen molar-refractivity contribution in [3.05, 3.63) is 35.4 Å². The highest BCUT2D eigenvalue weighted by Crippen LogP contribution is 2.45. The molecule has 178 valence electrons. The maximum Gasteiger partial charge on any atom is 0.490 e. The Kier molecular flexibility index (Phi) is 7.50. The maximum atomic E-state index is 13.0. The van der Waals surface area contributed by atoms with Gasteiger partial charge in [-0.2, -0.15) is 13.2 Å². The number of amides is 1. The van der Waals surface area contributed by atoms with Gasteiger partial charge >= 0.3 is 12.1 Å². The molecule has 1 amide bonds. The van der Waals surface area contributed by atoms with E-state index in [0.717, 1.165) is 56.3 Å². The average Bonchev–Trinajstić information content (AvgIpc) is 3.33. The fourth-order valence-electron chi connectivity index (χ4n) is 4.89. The molecule has 0 bridgehead atoms. The van der Waals surface area contributed by atoms with E-state index in [-0.39, 0.29) is 11.3 Å². The number of alkyl halides is 3. The fourth-order valence-corrected chi connectivity index (χ4v) is 4.89. The van der Waals surface area contributed by atoms with E-state index in [1.807, 2.05) is 38.3 Å². The van der Waals surface area contributed by atoms with Crippen molar-refractivity contribution >= 4 is 11.9 Å². The van der Waals surface area contributed by atoms with Crippen LogP contribution in [0.1, 0.15) is 35.2 Å². The first-order valence-electron chi connectivity index (χ1n) is 10.9. The monoisotopic (exact) mass is 456 g/mol. The summed E-state index contributed by atoms with van der Waals surface area (Å²) in [5.41, 5.74) is 2.16. The van der Waals surface area contributed by atoms with Gasteiger partial charge in [-0.15, -0.1) is 0 Å². The molecule has 2 heterocycles. The van der Waals surface area contributed by atoms with E-state index in [9.17, 15) is 18.0 Å². The Bertz CT molecular complexity index is 828. The molecule has 2 aliphatic heterocycles. The van der Waals surface area contributed by atoms with Crippen molar-refractivity contribution in [2.24, 2.45) is 17.3 Å². The number of carboxylic acids is 1. The zero-order valence-electron chi connectivity index (χ0n) is 18.5. The van der Waals surface area contributed by atoms with E-state index < -0.39 is 12.1 Å².